The van der Waals surface area contributed by atoms with Crippen molar-refractivity contribution >= 4 is 44.6 Å². The highest BCUT2D eigenvalue weighted by Gasteiger charge is 2.28. The lowest BCUT2D eigenvalue weighted by atomic mass is 10.0. The number of benzene rings is 2. The van der Waals surface area contributed by atoms with Crippen LogP contribution in [0.25, 0.3) is 33.3 Å². The molecule has 0 atom stereocenters. The highest BCUT2D eigenvalue weighted by atomic mass is 32.2. The molecule has 0 radical (unpaired) electrons. The van der Waals surface area contributed by atoms with E-state index < -0.39 is 27.3 Å². The molecule has 1 fully saturated rings. The number of sulfonamides is 1. The van der Waals surface area contributed by atoms with Crippen molar-refractivity contribution in [3.05, 3.63) is 83.7 Å². The molecule has 1 amide bonds. The summed E-state index contributed by atoms with van der Waals surface area (Å²) in [4.78, 5) is 34.7. The molecule has 1 aliphatic rings. The average Bonchev–Trinajstić information content (AvgIpc) is 3.57. The Hall–Kier alpha value is -5.44. The molecule has 15 heteroatoms. The first-order chi connectivity index (χ1) is 25.7. The topological polar surface area (TPSA) is 141 Å². The van der Waals surface area contributed by atoms with Gasteiger partial charge in [0.1, 0.15) is 22.7 Å². The molecule has 0 spiro atoms. The van der Waals surface area contributed by atoms with Crippen molar-refractivity contribution in [2.45, 2.75) is 73.1 Å². The Balaban J connectivity index is 1.41. The highest BCUT2D eigenvalue weighted by molar-refractivity contribution is 7.92. The first-order valence-corrected chi connectivity index (χ1v) is 19.9. The van der Waals surface area contributed by atoms with E-state index in [-0.39, 0.29) is 11.9 Å². The number of carbonyl (C=O) groups excluding carboxylic acids is 2. The van der Waals surface area contributed by atoms with Crippen LogP contribution in [0.3, 0.4) is 0 Å². The van der Waals surface area contributed by atoms with E-state index in [1.165, 1.54) is 16.7 Å². The average molecular weight is 774 g/mol. The van der Waals surface area contributed by atoms with E-state index in [2.05, 4.69) is 4.72 Å². The van der Waals surface area contributed by atoms with Crippen LogP contribution in [-0.2, 0) is 26.0 Å². The zero-order valence-corrected chi connectivity index (χ0v) is 33.5. The van der Waals surface area contributed by atoms with Gasteiger partial charge < -0.3 is 19.3 Å². The lowest BCUT2D eigenvalue weighted by Gasteiger charge is -2.37. The van der Waals surface area contributed by atoms with Crippen LogP contribution in [0.5, 0.6) is 0 Å². The number of piperazine rings is 1. The van der Waals surface area contributed by atoms with Crippen molar-refractivity contribution in [3.8, 4) is 22.3 Å². The fourth-order valence-corrected chi connectivity index (χ4v) is 7.26. The molecule has 1 N–H and O–H groups in total. The Kier molecular flexibility index (Phi) is 10.5. The first kappa shape index (κ1) is 39.3. The van der Waals surface area contributed by atoms with Crippen LogP contribution in [0.15, 0.2) is 60.9 Å². The molecule has 0 bridgehead atoms. The van der Waals surface area contributed by atoms with Gasteiger partial charge in [-0.2, -0.15) is 5.10 Å². The van der Waals surface area contributed by atoms with Crippen molar-refractivity contribution in [1.82, 2.24) is 24.2 Å². The summed E-state index contributed by atoms with van der Waals surface area (Å²) in [7, 11) is -3.67. The van der Waals surface area contributed by atoms with Crippen LogP contribution >= 0.6 is 0 Å². The van der Waals surface area contributed by atoms with E-state index in [0.29, 0.717) is 77.5 Å². The molecular weight excluding hydrogens is 726 g/mol. The molecule has 292 valence electrons. The van der Waals surface area contributed by atoms with Crippen molar-refractivity contribution in [2.75, 3.05) is 42.1 Å². The molecule has 3 aromatic heterocycles. The number of hydrogen-bond acceptors (Lipinski definition) is 9. The lowest BCUT2D eigenvalue weighted by Crippen LogP contribution is -2.50. The number of aryl methyl sites for hydroxylation is 1. The Morgan fingerprint density at radius 3 is 2.20 bits per heavy atom. The SMILES string of the molecule is Cc1nn(Cc2cccc(F)c2)c(C)c1-c1cn(C(=O)OC(C)(C)C)c2ncc(-c3ccc(N4CCN(C(=O)OC(C)(C)C)CC4)c(NS(C)(=O)=O)c3)cc12. The predicted octanol–water partition coefficient (Wildman–Crippen LogP) is 7.58. The second-order valence-corrected chi connectivity index (χ2v) is 17.6. The molecule has 13 nitrogen and oxygen atoms in total. The van der Waals surface area contributed by atoms with Crippen LogP contribution < -0.4 is 9.62 Å². The van der Waals surface area contributed by atoms with Crippen molar-refractivity contribution < 1.29 is 31.9 Å². The highest BCUT2D eigenvalue weighted by Crippen LogP contribution is 2.38. The van der Waals surface area contributed by atoms with Crippen LogP contribution in [0.2, 0.25) is 0 Å². The van der Waals surface area contributed by atoms with Crippen LogP contribution in [-0.4, -0.2) is 88.5 Å². The van der Waals surface area contributed by atoms with Crippen molar-refractivity contribution in [3.63, 3.8) is 0 Å². The van der Waals surface area contributed by atoms with E-state index in [4.69, 9.17) is 19.6 Å². The number of carbonyl (C=O) groups is 2. The van der Waals surface area contributed by atoms with Gasteiger partial charge in [0.15, 0.2) is 0 Å². The smallest absolute Gasteiger partial charge is 0.420 e. The van der Waals surface area contributed by atoms with Crippen LogP contribution in [0, 0.1) is 19.7 Å². The number of nitrogens with zero attached hydrogens (tertiary/aromatic N) is 6. The number of fused-ring (bicyclic) bond motifs is 1. The Morgan fingerprint density at radius 2 is 1.56 bits per heavy atom. The summed E-state index contributed by atoms with van der Waals surface area (Å²) in [6, 6.07) is 13.8. The number of ether oxygens (including phenoxy) is 2. The first-order valence-electron chi connectivity index (χ1n) is 18.0. The van der Waals surface area contributed by atoms with Gasteiger partial charge >= 0.3 is 12.2 Å². The molecule has 1 aliphatic heterocycles. The largest absolute Gasteiger partial charge is 0.444 e. The minimum Gasteiger partial charge on any atom is -0.444 e. The van der Waals surface area contributed by atoms with Gasteiger partial charge in [-0.15, -0.1) is 0 Å². The number of anilines is 2. The molecule has 55 heavy (non-hydrogen) atoms. The summed E-state index contributed by atoms with van der Waals surface area (Å²) >= 11 is 0. The Morgan fingerprint density at radius 1 is 0.891 bits per heavy atom. The standard InChI is InChI=1S/C40H48FN7O6S/c1-25-35(26(2)48(43-25)23-27-11-10-12-30(41)19-27)32-24-47(38(50)54-40(6,7)8)36-31(32)20-29(22-42-36)28-13-14-34(33(21-28)44-55(9,51)52)45-15-17-46(18-16-45)37(49)53-39(3,4)5/h10-14,19-22,24,44H,15-18,23H2,1-9H3. The number of rotatable bonds is 7. The van der Waals surface area contributed by atoms with Crippen LogP contribution in [0.4, 0.5) is 25.4 Å². The molecule has 0 unspecified atom stereocenters. The third kappa shape index (κ3) is 9.10. The molecule has 5 aromatic rings. The second-order valence-electron chi connectivity index (χ2n) is 15.9. The number of nitrogens with one attached hydrogen (secondary N) is 1. The van der Waals surface area contributed by atoms with Gasteiger partial charge in [-0.1, -0.05) is 18.2 Å². The van der Waals surface area contributed by atoms with Gasteiger partial charge in [-0.3, -0.25) is 9.40 Å². The summed E-state index contributed by atoms with van der Waals surface area (Å²) in [6.07, 6.45) is 3.46. The summed E-state index contributed by atoms with van der Waals surface area (Å²) in [5, 5.41) is 5.44. The Bertz CT molecular complexity index is 2380. The normalized spacial score (nSPS) is 14.0. The van der Waals surface area contributed by atoms with Gasteiger partial charge in [0.05, 0.1) is 29.9 Å². The summed E-state index contributed by atoms with van der Waals surface area (Å²) < 4.78 is 56.4. The molecule has 6 rings (SSSR count). The fourth-order valence-electron chi connectivity index (χ4n) is 6.69. The van der Waals surface area contributed by atoms with Crippen molar-refractivity contribution in [1.29, 1.82) is 0 Å². The van der Waals surface area contributed by atoms with Crippen molar-refractivity contribution in [2.24, 2.45) is 0 Å². The van der Waals surface area contributed by atoms with E-state index in [0.717, 1.165) is 23.1 Å². The third-order valence-corrected chi connectivity index (χ3v) is 9.59. The predicted molar refractivity (Wildman–Crippen MR) is 211 cm³/mol. The third-order valence-electron chi connectivity index (χ3n) is 9.00. The van der Waals surface area contributed by atoms with E-state index in [1.54, 1.807) is 50.2 Å². The second kappa shape index (κ2) is 14.7. The maximum Gasteiger partial charge on any atom is 0.420 e. The maximum absolute atomic E-state index is 14.0. The molecule has 0 saturated carbocycles. The van der Waals surface area contributed by atoms with Gasteiger partial charge in [-0.05, 0) is 96.8 Å². The summed E-state index contributed by atoms with van der Waals surface area (Å²) in [5.74, 6) is -0.331. The zero-order valence-electron chi connectivity index (χ0n) is 32.7. The molecular formula is C40H48FN7O6S. The quantitative estimate of drug-likeness (QED) is 0.177. The molecule has 4 heterocycles. The number of halogens is 1. The van der Waals surface area contributed by atoms with E-state index >= 15 is 0 Å². The zero-order chi connectivity index (χ0) is 40.0. The van der Waals surface area contributed by atoms with Crippen LogP contribution in [0.1, 0.15) is 58.5 Å². The molecule has 0 aliphatic carbocycles. The Labute approximate surface area is 321 Å². The van der Waals surface area contributed by atoms with Gasteiger partial charge in [0.25, 0.3) is 0 Å². The molecule has 2 aromatic carbocycles. The summed E-state index contributed by atoms with van der Waals surface area (Å²) in [5.41, 5.74) is 5.17. The number of aromatic nitrogens is 4. The minimum absolute atomic E-state index is 0.331. The van der Waals surface area contributed by atoms with E-state index in [1.807, 2.05) is 68.5 Å². The number of pyridine rings is 1. The minimum atomic E-state index is -3.67. The monoisotopic (exact) mass is 773 g/mol. The number of hydrogen-bond donors (Lipinski definition) is 1. The van der Waals surface area contributed by atoms with Gasteiger partial charge in [0.2, 0.25) is 10.0 Å². The van der Waals surface area contributed by atoms with Gasteiger partial charge in [0, 0.05) is 66.3 Å². The number of amides is 1. The van der Waals surface area contributed by atoms with E-state index in [9.17, 15) is 22.4 Å². The maximum atomic E-state index is 14.0. The van der Waals surface area contributed by atoms with Gasteiger partial charge in [-0.25, -0.2) is 31.9 Å². The fraction of sp³-hybridized carbons (Fsp3) is 0.400. The molecule has 1 saturated heterocycles. The summed E-state index contributed by atoms with van der Waals surface area (Å²) in [6.45, 7) is 16.8. The lowest BCUT2D eigenvalue weighted by molar-refractivity contribution is 0.0240.